The van der Waals surface area contributed by atoms with E-state index in [4.69, 9.17) is 5.73 Å². The molecule has 1 aromatic heterocycles. The Kier molecular flexibility index (Phi) is 5.41. The number of halogens is 1. The molecule has 1 amide bonds. The lowest BCUT2D eigenvalue weighted by Crippen LogP contribution is -2.43. The van der Waals surface area contributed by atoms with Gasteiger partial charge in [-0.2, -0.15) is 5.10 Å². The highest BCUT2D eigenvalue weighted by Crippen LogP contribution is 2.23. The predicted molar refractivity (Wildman–Crippen MR) is 99.7 cm³/mol. The number of carbonyl (C=O) groups excluding carboxylic acids is 1. The topological polar surface area (TPSA) is 64.2 Å². The van der Waals surface area contributed by atoms with Crippen LogP contribution in [-0.2, 0) is 11.2 Å². The number of piperidine rings is 1. The second-order valence-electron chi connectivity index (χ2n) is 7.29. The monoisotopic (exact) mass is 358 g/mol. The first-order valence-electron chi connectivity index (χ1n) is 9.21. The van der Waals surface area contributed by atoms with E-state index in [0.29, 0.717) is 12.3 Å². The molecule has 1 aromatic carbocycles. The van der Waals surface area contributed by atoms with E-state index in [1.807, 2.05) is 25.7 Å². The lowest BCUT2D eigenvalue weighted by atomic mass is 9.90. The molecular weight excluding hydrogens is 331 g/mol. The number of aromatic nitrogens is 2. The van der Waals surface area contributed by atoms with Crippen molar-refractivity contribution in [1.82, 2.24) is 14.7 Å². The minimum Gasteiger partial charge on any atom is -0.342 e. The minimum absolute atomic E-state index is 0.137. The summed E-state index contributed by atoms with van der Waals surface area (Å²) in [5.74, 6) is 0.364. The lowest BCUT2D eigenvalue weighted by Gasteiger charge is -2.33. The van der Waals surface area contributed by atoms with Gasteiger partial charge in [0, 0.05) is 30.4 Å². The fraction of sp³-hybridized carbons (Fsp3) is 0.500. The zero-order valence-corrected chi connectivity index (χ0v) is 15.7. The first-order valence-corrected chi connectivity index (χ1v) is 9.21. The molecule has 1 fully saturated rings. The molecule has 0 radical (unpaired) electrons. The standard InChI is InChI=1S/C20H27FN4O/c1-13(22)16-8-10-24(11-9-16)20(26)12-19-14(2)23-25(15(19)3)18-6-4-17(21)5-7-18/h4-7,13,16H,8-12,22H2,1-3H3. The second kappa shape index (κ2) is 7.58. The van der Waals surface area contributed by atoms with Gasteiger partial charge in [-0.3, -0.25) is 4.79 Å². The highest BCUT2D eigenvalue weighted by molar-refractivity contribution is 5.79. The smallest absolute Gasteiger partial charge is 0.227 e. The van der Waals surface area contributed by atoms with E-state index in [0.717, 1.165) is 48.6 Å². The van der Waals surface area contributed by atoms with Gasteiger partial charge in [0.25, 0.3) is 0 Å². The third-order valence-electron chi connectivity index (χ3n) is 5.48. The van der Waals surface area contributed by atoms with Gasteiger partial charge in [0.05, 0.1) is 17.8 Å². The summed E-state index contributed by atoms with van der Waals surface area (Å²) >= 11 is 0. The number of likely N-dealkylation sites (tertiary alicyclic amines) is 1. The van der Waals surface area contributed by atoms with Gasteiger partial charge < -0.3 is 10.6 Å². The van der Waals surface area contributed by atoms with Crippen LogP contribution in [-0.4, -0.2) is 39.7 Å². The molecule has 0 aliphatic carbocycles. The van der Waals surface area contributed by atoms with E-state index in [9.17, 15) is 9.18 Å². The van der Waals surface area contributed by atoms with E-state index < -0.39 is 0 Å². The first-order chi connectivity index (χ1) is 12.4. The third kappa shape index (κ3) is 3.80. The molecule has 0 bridgehead atoms. The number of carbonyl (C=O) groups is 1. The Hall–Kier alpha value is -2.21. The molecule has 1 aliphatic heterocycles. The summed E-state index contributed by atoms with van der Waals surface area (Å²) in [5.41, 5.74) is 9.49. The zero-order chi connectivity index (χ0) is 18.8. The number of benzene rings is 1. The molecule has 0 spiro atoms. The molecule has 5 nitrogen and oxygen atoms in total. The zero-order valence-electron chi connectivity index (χ0n) is 15.7. The Bertz CT molecular complexity index is 774. The van der Waals surface area contributed by atoms with Crippen LogP contribution in [0.1, 0.15) is 36.7 Å². The summed E-state index contributed by atoms with van der Waals surface area (Å²) in [6, 6.07) is 6.40. The van der Waals surface area contributed by atoms with Crippen LogP contribution < -0.4 is 5.73 Å². The normalized spacial score (nSPS) is 16.7. The number of rotatable bonds is 4. The maximum atomic E-state index is 13.2. The maximum absolute atomic E-state index is 13.2. The summed E-state index contributed by atoms with van der Waals surface area (Å²) in [5, 5.41) is 4.55. The van der Waals surface area contributed by atoms with Gasteiger partial charge in [0.2, 0.25) is 5.91 Å². The van der Waals surface area contributed by atoms with Crippen LogP contribution in [0.15, 0.2) is 24.3 Å². The fourth-order valence-electron chi connectivity index (χ4n) is 3.70. The maximum Gasteiger partial charge on any atom is 0.227 e. The summed E-state index contributed by atoms with van der Waals surface area (Å²) < 4.78 is 14.9. The highest BCUT2D eigenvalue weighted by Gasteiger charge is 2.26. The van der Waals surface area contributed by atoms with E-state index in [1.54, 1.807) is 16.8 Å². The number of nitrogens with two attached hydrogens (primary N) is 1. The molecule has 0 saturated carbocycles. The molecule has 6 heteroatoms. The third-order valence-corrected chi connectivity index (χ3v) is 5.48. The number of hydrogen-bond donors (Lipinski definition) is 1. The Morgan fingerprint density at radius 2 is 1.88 bits per heavy atom. The van der Waals surface area contributed by atoms with Crippen molar-refractivity contribution in [2.75, 3.05) is 13.1 Å². The van der Waals surface area contributed by atoms with Crippen molar-refractivity contribution in [3.8, 4) is 5.69 Å². The van der Waals surface area contributed by atoms with Gasteiger partial charge in [-0.25, -0.2) is 9.07 Å². The largest absolute Gasteiger partial charge is 0.342 e. The Morgan fingerprint density at radius 1 is 1.27 bits per heavy atom. The molecule has 3 rings (SSSR count). The van der Waals surface area contributed by atoms with Crippen LogP contribution >= 0.6 is 0 Å². The summed E-state index contributed by atoms with van der Waals surface area (Å²) in [4.78, 5) is 14.7. The van der Waals surface area contributed by atoms with Crippen molar-refractivity contribution in [3.63, 3.8) is 0 Å². The molecular formula is C20H27FN4O. The van der Waals surface area contributed by atoms with E-state index in [1.165, 1.54) is 12.1 Å². The van der Waals surface area contributed by atoms with Crippen LogP contribution in [0.3, 0.4) is 0 Å². The van der Waals surface area contributed by atoms with Crippen LogP contribution in [0, 0.1) is 25.6 Å². The highest BCUT2D eigenvalue weighted by atomic mass is 19.1. The van der Waals surface area contributed by atoms with Gasteiger partial charge in [0.15, 0.2) is 0 Å². The molecule has 1 atom stereocenters. The number of amides is 1. The summed E-state index contributed by atoms with van der Waals surface area (Å²) in [6.07, 6.45) is 2.29. The molecule has 2 heterocycles. The number of hydrogen-bond acceptors (Lipinski definition) is 3. The van der Waals surface area contributed by atoms with Crippen LogP contribution in [0.25, 0.3) is 5.69 Å². The Balaban J connectivity index is 1.72. The first kappa shape index (κ1) is 18.6. The van der Waals surface area contributed by atoms with Crippen molar-refractivity contribution in [2.24, 2.45) is 11.7 Å². The molecule has 1 aliphatic rings. The number of aryl methyl sites for hydroxylation is 1. The van der Waals surface area contributed by atoms with Crippen molar-refractivity contribution >= 4 is 5.91 Å². The summed E-state index contributed by atoms with van der Waals surface area (Å²) in [7, 11) is 0. The number of nitrogens with zero attached hydrogens (tertiary/aromatic N) is 3. The second-order valence-corrected chi connectivity index (χ2v) is 7.29. The van der Waals surface area contributed by atoms with Gasteiger partial charge in [-0.05, 0) is 63.8 Å². The SMILES string of the molecule is Cc1nn(-c2ccc(F)cc2)c(C)c1CC(=O)N1CCC(C(C)N)CC1. The van der Waals surface area contributed by atoms with Crippen molar-refractivity contribution in [1.29, 1.82) is 0 Å². The van der Waals surface area contributed by atoms with Gasteiger partial charge >= 0.3 is 0 Å². The van der Waals surface area contributed by atoms with E-state index in [-0.39, 0.29) is 17.8 Å². The van der Waals surface area contributed by atoms with Crippen LogP contribution in [0.2, 0.25) is 0 Å². The molecule has 140 valence electrons. The van der Waals surface area contributed by atoms with E-state index in [2.05, 4.69) is 5.10 Å². The van der Waals surface area contributed by atoms with Crippen molar-refractivity contribution < 1.29 is 9.18 Å². The molecule has 1 saturated heterocycles. The average Bonchev–Trinajstić information content (AvgIpc) is 2.90. The van der Waals surface area contributed by atoms with Crippen molar-refractivity contribution in [2.45, 2.75) is 46.1 Å². The van der Waals surface area contributed by atoms with Crippen LogP contribution in [0.4, 0.5) is 4.39 Å². The Labute approximate surface area is 154 Å². The van der Waals surface area contributed by atoms with Crippen molar-refractivity contribution in [3.05, 3.63) is 47.0 Å². The lowest BCUT2D eigenvalue weighted by molar-refractivity contribution is -0.131. The molecule has 26 heavy (non-hydrogen) atoms. The minimum atomic E-state index is -0.277. The molecule has 1 unspecified atom stereocenters. The summed E-state index contributed by atoms with van der Waals surface area (Å²) in [6.45, 7) is 7.45. The van der Waals surface area contributed by atoms with Crippen LogP contribution in [0.5, 0.6) is 0 Å². The molecule has 2 aromatic rings. The molecule has 2 N–H and O–H groups in total. The quantitative estimate of drug-likeness (QED) is 0.914. The van der Waals surface area contributed by atoms with E-state index >= 15 is 0 Å². The average molecular weight is 358 g/mol. The van der Waals surface area contributed by atoms with Gasteiger partial charge in [-0.1, -0.05) is 0 Å². The Morgan fingerprint density at radius 3 is 2.46 bits per heavy atom. The predicted octanol–water partition coefficient (Wildman–Crippen LogP) is 2.76. The fourth-order valence-corrected chi connectivity index (χ4v) is 3.70. The van der Waals surface area contributed by atoms with Gasteiger partial charge in [-0.15, -0.1) is 0 Å². The van der Waals surface area contributed by atoms with Gasteiger partial charge in [0.1, 0.15) is 5.82 Å².